The first-order valence-electron chi connectivity index (χ1n) is 10.5. The SMILES string of the molecule is O=C(Nc1cccc(F)c1)C1CCCN1[C@H](C(=O)NC1CC(F)(F)C1)c1ccccc1Cl. The average Bonchev–Trinajstić information content (AvgIpc) is 3.18. The Hall–Kier alpha value is -2.58. The molecule has 9 heteroatoms. The van der Waals surface area contributed by atoms with Gasteiger partial charge in [-0.15, -0.1) is 0 Å². The number of anilines is 1. The second-order valence-electron chi connectivity index (χ2n) is 8.29. The van der Waals surface area contributed by atoms with E-state index in [1.807, 2.05) is 0 Å². The Balaban J connectivity index is 1.57. The van der Waals surface area contributed by atoms with Crippen molar-refractivity contribution in [3.05, 3.63) is 64.9 Å². The fraction of sp³-hybridized carbons (Fsp3) is 0.391. The fourth-order valence-corrected chi connectivity index (χ4v) is 4.62. The molecule has 1 saturated carbocycles. The van der Waals surface area contributed by atoms with Crippen LogP contribution < -0.4 is 10.6 Å². The molecule has 1 aliphatic heterocycles. The number of hydrogen-bond donors (Lipinski definition) is 2. The van der Waals surface area contributed by atoms with Gasteiger partial charge in [0.15, 0.2) is 0 Å². The second-order valence-corrected chi connectivity index (χ2v) is 8.70. The molecule has 0 spiro atoms. The van der Waals surface area contributed by atoms with Crippen molar-refractivity contribution >= 4 is 29.1 Å². The van der Waals surface area contributed by atoms with E-state index < -0.39 is 48.6 Å². The quantitative estimate of drug-likeness (QED) is 0.658. The van der Waals surface area contributed by atoms with Crippen molar-refractivity contribution in [1.29, 1.82) is 0 Å². The minimum Gasteiger partial charge on any atom is -0.351 e. The maximum atomic E-state index is 13.5. The van der Waals surface area contributed by atoms with Gasteiger partial charge in [0.1, 0.15) is 11.9 Å². The average molecular weight is 466 g/mol. The molecule has 0 bridgehead atoms. The molecule has 2 N–H and O–H groups in total. The largest absolute Gasteiger partial charge is 0.351 e. The van der Waals surface area contributed by atoms with Crippen molar-refractivity contribution < 1.29 is 22.8 Å². The van der Waals surface area contributed by atoms with Gasteiger partial charge < -0.3 is 10.6 Å². The van der Waals surface area contributed by atoms with E-state index in [0.29, 0.717) is 35.7 Å². The predicted molar refractivity (Wildman–Crippen MR) is 115 cm³/mol. The number of nitrogens with zero attached hydrogens (tertiary/aromatic N) is 1. The number of hydrogen-bond acceptors (Lipinski definition) is 3. The molecule has 2 amide bonds. The summed E-state index contributed by atoms with van der Waals surface area (Å²) in [6.07, 6.45) is 0.350. The van der Waals surface area contributed by atoms with Gasteiger partial charge in [-0.3, -0.25) is 14.5 Å². The smallest absolute Gasteiger partial charge is 0.252 e. The highest BCUT2D eigenvalue weighted by Crippen LogP contribution is 2.39. The molecule has 1 heterocycles. The van der Waals surface area contributed by atoms with Gasteiger partial charge in [0.25, 0.3) is 5.92 Å². The predicted octanol–water partition coefficient (Wildman–Crippen LogP) is 4.54. The highest BCUT2D eigenvalue weighted by molar-refractivity contribution is 6.31. The summed E-state index contributed by atoms with van der Waals surface area (Å²) in [6.45, 7) is 0.450. The standard InChI is InChI=1S/C23H23ClF3N3O2/c24-18-8-2-1-7-17(18)20(22(32)29-16-12-23(26,27)13-16)30-10-4-9-19(30)21(31)28-15-6-3-5-14(25)11-15/h1-3,5-8,11,16,19-20H,4,9-10,12-13H2,(H,28,31)(H,29,32)/t19?,20-/m0/s1. The van der Waals surface area contributed by atoms with Crippen LogP contribution in [-0.2, 0) is 9.59 Å². The van der Waals surface area contributed by atoms with Gasteiger partial charge in [0, 0.05) is 36.1 Å². The zero-order valence-electron chi connectivity index (χ0n) is 17.2. The molecule has 1 unspecified atom stereocenters. The molecule has 1 saturated heterocycles. The number of benzene rings is 2. The minimum absolute atomic E-state index is 0.317. The van der Waals surface area contributed by atoms with Gasteiger partial charge in [-0.05, 0) is 42.7 Å². The summed E-state index contributed by atoms with van der Waals surface area (Å²) in [7, 11) is 0. The van der Waals surface area contributed by atoms with Crippen LogP contribution in [0.15, 0.2) is 48.5 Å². The molecule has 2 aromatic carbocycles. The lowest BCUT2D eigenvalue weighted by Crippen LogP contribution is -2.54. The number of carbonyl (C=O) groups is 2. The molecule has 1 aliphatic carbocycles. The van der Waals surface area contributed by atoms with E-state index in [-0.39, 0.29) is 5.91 Å². The number of nitrogens with one attached hydrogen (secondary N) is 2. The molecule has 2 atom stereocenters. The first-order chi connectivity index (χ1) is 15.2. The van der Waals surface area contributed by atoms with Crippen molar-refractivity contribution in [3.8, 4) is 0 Å². The van der Waals surface area contributed by atoms with Crippen LogP contribution in [0.5, 0.6) is 0 Å². The van der Waals surface area contributed by atoms with Crippen LogP contribution in [0.4, 0.5) is 18.9 Å². The van der Waals surface area contributed by atoms with Gasteiger partial charge in [0.2, 0.25) is 11.8 Å². The lowest BCUT2D eigenvalue weighted by atomic mass is 9.87. The first kappa shape index (κ1) is 22.6. The molecule has 2 fully saturated rings. The number of carbonyl (C=O) groups excluding carboxylic acids is 2. The van der Waals surface area contributed by atoms with Crippen LogP contribution in [0.25, 0.3) is 0 Å². The maximum absolute atomic E-state index is 13.5. The Labute approximate surface area is 188 Å². The van der Waals surface area contributed by atoms with Gasteiger partial charge in [-0.1, -0.05) is 35.9 Å². The summed E-state index contributed by atoms with van der Waals surface area (Å²) in [6, 6.07) is 10.2. The Morgan fingerprint density at radius 2 is 1.88 bits per heavy atom. The van der Waals surface area contributed by atoms with Crippen LogP contribution in [-0.4, -0.2) is 41.3 Å². The third-order valence-electron chi connectivity index (χ3n) is 5.91. The minimum atomic E-state index is -2.77. The lowest BCUT2D eigenvalue weighted by molar-refractivity contribution is -0.135. The van der Waals surface area contributed by atoms with Crippen LogP contribution in [0, 0.1) is 5.82 Å². The van der Waals surface area contributed by atoms with Crippen LogP contribution in [0.1, 0.15) is 37.3 Å². The molecule has 0 radical (unpaired) electrons. The Bertz CT molecular complexity index is 1010. The number of rotatable bonds is 6. The van der Waals surface area contributed by atoms with E-state index in [9.17, 15) is 22.8 Å². The topological polar surface area (TPSA) is 61.4 Å². The van der Waals surface area contributed by atoms with Crippen molar-refractivity contribution in [2.24, 2.45) is 0 Å². The van der Waals surface area contributed by atoms with Gasteiger partial charge in [-0.2, -0.15) is 0 Å². The Morgan fingerprint density at radius 1 is 1.12 bits per heavy atom. The molecule has 170 valence electrons. The van der Waals surface area contributed by atoms with Crippen LogP contribution in [0.3, 0.4) is 0 Å². The van der Waals surface area contributed by atoms with Gasteiger partial charge in [-0.25, -0.2) is 13.2 Å². The monoisotopic (exact) mass is 465 g/mol. The normalized spacial score (nSPS) is 21.6. The van der Waals surface area contributed by atoms with E-state index >= 15 is 0 Å². The third-order valence-corrected chi connectivity index (χ3v) is 6.25. The summed E-state index contributed by atoms with van der Waals surface area (Å²) in [4.78, 5) is 28.0. The molecule has 2 aromatic rings. The molecular formula is C23H23ClF3N3O2. The lowest BCUT2D eigenvalue weighted by Gasteiger charge is -2.38. The molecule has 0 aromatic heterocycles. The summed E-state index contributed by atoms with van der Waals surface area (Å²) in [5.41, 5.74) is 0.820. The molecular weight excluding hydrogens is 443 g/mol. The maximum Gasteiger partial charge on any atom is 0.252 e. The van der Waals surface area contributed by atoms with Crippen molar-refractivity contribution in [3.63, 3.8) is 0 Å². The third kappa shape index (κ3) is 4.91. The van der Waals surface area contributed by atoms with Gasteiger partial charge >= 0.3 is 0 Å². The van der Waals surface area contributed by atoms with Gasteiger partial charge in [0.05, 0.1) is 6.04 Å². The molecule has 2 aliphatic rings. The second kappa shape index (κ2) is 9.11. The van der Waals surface area contributed by atoms with Crippen LogP contribution >= 0.6 is 11.6 Å². The summed E-state index contributed by atoms with van der Waals surface area (Å²) < 4.78 is 40.0. The van der Waals surface area contributed by atoms with E-state index in [1.165, 1.54) is 18.2 Å². The highest BCUT2D eigenvalue weighted by Gasteiger charge is 2.47. The van der Waals surface area contributed by atoms with E-state index in [1.54, 1.807) is 35.2 Å². The van der Waals surface area contributed by atoms with E-state index in [2.05, 4.69) is 10.6 Å². The molecule has 5 nitrogen and oxygen atoms in total. The summed E-state index contributed by atoms with van der Waals surface area (Å²) in [5, 5.41) is 5.74. The number of halogens is 4. The van der Waals surface area contributed by atoms with Crippen molar-refractivity contribution in [2.75, 3.05) is 11.9 Å². The summed E-state index contributed by atoms with van der Waals surface area (Å²) >= 11 is 6.38. The van der Waals surface area contributed by atoms with Crippen LogP contribution in [0.2, 0.25) is 5.02 Å². The molecule has 4 rings (SSSR count). The van der Waals surface area contributed by atoms with E-state index in [4.69, 9.17) is 11.6 Å². The Kier molecular flexibility index (Phi) is 6.44. The Morgan fingerprint density at radius 3 is 2.56 bits per heavy atom. The summed E-state index contributed by atoms with van der Waals surface area (Å²) in [5.74, 6) is -4.08. The molecule has 32 heavy (non-hydrogen) atoms. The first-order valence-corrected chi connectivity index (χ1v) is 10.9. The zero-order chi connectivity index (χ0) is 22.9. The van der Waals surface area contributed by atoms with Crippen molar-refractivity contribution in [2.45, 2.75) is 49.7 Å². The van der Waals surface area contributed by atoms with Crippen molar-refractivity contribution in [1.82, 2.24) is 10.2 Å². The highest BCUT2D eigenvalue weighted by atomic mass is 35.5. The number of likely N-dealkylation sites (tertiary alicyclic amines) is 1. The number of alkyl halides is 2. The fourth-order valence-electron chi connectivity index (χ4n) is 4.38. The number of amides is 2. The van der Waals surface area contributed by atoms with E-state index in [0.717, 1.165) is 0 Å². The zero-order valence-corrected chi connectivity index (χ0v) is 17.9.